The number of aryl methyl sites for hydroxylation is 2. The number of benzene rings is 3. The molecule has 0 radical (unpaired) electrons. The third-order valence-electron chi connectivity index (χ3n) is 7.06. The van der Waals surface area contributed by atoms with Crippen LogP contribution in [0.15, 0.2) is 82.4 Å². The van der Waals surface area contributed by atoms with E-state index in [1.54, 1.807) is 25.2 Å². The minimum absolute atomic E-state index is 0.0498. The fourth-order valence-electron chi connectivity index (χ4n) is 5.42. The number of anilines is 1. The number of hydrogen-bond acceptors (Lipinski definition) is 5. The predicted molar refractivity (Wildman–Crippen MR) is 142 cm³/mol. The predicted octanol–water partition coefficient (Wildman–Crippen LogP) is 4.43. The first-order valence-electron chi connectivity index (χ1n) is 11.8. The quantitative estimate of drug-likeness (QED) is 0.296. The standard InChI is InChI=1S/C28H23N5O4/c1-16-9-8-10-17(15-16)24-22-25(30(2)28(35)31(3)27(22)34)26-23(18-11-4-6-13-20(18)33(36)37)29-19-12-5-7-14-21(19)32(24)26/h4-15,23,29H,1-3H3/t23-/m0/s1. The molecular weight excluding hydrogens is 470 g/mol. The van der Waals surface area contributed by atoms with Crippen molar-refractivity contribution in [3.05, 3.63) is 121 Å². The third kappa shape index (κ3) is 3.17. The van der Waals surface area contributed by atoms with Gasteiger partial charge in [0.25, 0.3) is 11.2 Å². The second-order valence-electron chi connectivity index (χ2n) is 9.28. The van der Waals surface area contributed by atoms with E-state index in [9.17, 15) is 19.7 Å². The summed E-state index contributed by atoms with van der Waals surface area (Å²) in [5, 5.41) is 15.9. The Morgan fingerprint density at radius 2 is 1.65 bits per heavy atom. The minimum atomic E-state index is -0.699. The number of nitro groups is 1. The van der Waals surface area contributed by atoms with Crippen LogP contribution in [0.2, 0.25) is 0 Å². The van der Waals surface area contributed by atoms with Crippen LogP contribution in [0.5, 0.6) is 0 Å². The number of nitrogens with one attached hydrogen (secondary N) is 1. The van der Waals surface area contributed by atoms with Crippen LogP contribution in [0.25, 0.3) is 27.8 Å². The summed E-state index contributed by atoms with van der Waals surface area (Å²) in [6.07, 6.45) is 0. The van der Waals surface area contributed by atoms with Crippen LogP contribution in [0.3, 0.4) is 0 Å². The molecule has 6 rings (SSSR count). The molecule has 0 aliphatic carbocycles. The zero-order valence-corrected chi connectivity index (χ0v) is 20.4. The van der Waals surface area contributed by atoms with Crippen LogP contribution in [0, 0.1) is 17.0 Å². The molecule has 0 amide bonds. The molecule has 0 spiro atoms. The van der Waals surface area contributed by atoms with Crippen LogP contribution in [-0.2, 0) is 14.1 Å². The summed E-state index contributed by atoms with van der Waals surface area (Å²) in [6.45, 7) is 1.98. The van der Waals surface area contributed by atoms with E-state index in [1.807, 2.05) is 60.0 Å². The zero-order chi connectivity index (χ0) is 26.0. The van der Waals surface area contributed by atoms with Crippen molar-refractivity contribution in [1.29, 1.82) is 0 Å². The summed E-state index contributed by atoms with van der Waals surface area (Å²) < 4.78 is 4.54. The lowest BCUT2D eigenvalue weighted by molar-refractivity contribution is -0.385. The van der Waals surface area contributed by atoms with E-state index in [1.165, 1.54) is 17.7 Å². The normalized spacial score (nSPS) is 14.2. The highest BCUT2D eigenvalue weighted by molar-refractivity contribution is 5.99. The van der Waals surface area contributed by atoms with Gasteiger partial charge in [0.15, 0.2) is 0 Å². The van der Waals surface area contributed by atoms with Crippen molar-refractivity contribution >= 4 is 22.3 Å². The van der Waals surface area contributed by atoms with Gasteiger partial charge in [0, 0.05) is 20.2 Å². The molecule has 1 atom stereocenters. The van der Waals surface area contributed by atoms with Gasteiger partial charge in [-0.1, -0.05) is 48.0 Å². The first kappa shape index (κ1) is 22.5. The fourth-order valence-corrected chi connectivity index (χ4v) is 5.42. The van der Waals surface area contributed by atoms with Gasteiger partial charge in [-0.15, -0.1) is 0 Å². The molecule has 0 unspecified atom stereocenters. The van der Waals surface area contributed by atoms with E-state index in [0.717, 1.165) is 27.1 Å². The van der Waals surface area contributed by atoms with Crippen LogP contribution >= 0.6 is 0 Å². The molecule has 9 nitrogen and oxygen atoms in total. The lowest BCUT2D eigenvalue weighted by atomic mass is 9.98. The molecule has 0 fully saturated rings. The number of aromatic nitrogens is 3. The van der Waals surface area contributed by atoms with Crippen LogP contribution < -0.4 is 16.6 Å². The maximum Gasteiger partial charge on any atom is 0.331 e. The van der Waals surface area contributed by atoms with Gasteiger partial charge in [-0.3, -0.25) is 24.0 Å². The zero-order valence-electron chi connectivity index (χ0n) is 20.4. The highest BCUT2D eigenvalue weighted by Gasteiger charge is 2.37. The fraction of sp³-hybridized carbons (Fsp3) is 0.143. The lowest BCUT2D eigenvalue weighted by Gasteiger charge is -2.31. The van der Waals surface area contributed by atoms with Gasteiger partial charge in [0.05, 0.1) is 44.2 Å². The maximum atomic E-state index is 13.7. The molecule has 0 bridgehead atoms. The lowest BCUT2D eigenvalue weighted by Crippen LogP contribution is -2.37. The molecule has 0 saturated carbocycles. The SMILES string of the molecule is Cc1cccc(-c2c3c(=O)n(C)c(=O)n(C)c3c3n2-c2ccccc2N[C@H]3c2ccccc2[N+](=O)[O-])c1. The van der Waals surface area contributed by atoms with Crippen LogP contribution in [0.1, 0.15) is 22.9 Å². The molecule has 1 N–H and O–H groups in total. The van der Waals surface area contributed by atoms with E-state index in [4.69, 9.17) is 0 Å². The van der Waals surface area contributed by atoms with Crippen molar-refractivity contribution in [2.45, 2.75) is 13.0 Å². The largest absolute Gasteiger partial charge is 0.371 e. The molecule has 184 valence electrons. The molecular formula is C28H23N5O4. The van der Waals surface area contributed by atoms with Gasteiger partial charge in [0.2, 0.25) is 0 Å². The van der Waals surface area contributed by atoms with Gasteiger partial charge in [-0.2, -0.15) is 0 Å². The van der Waals surface area contributed by atoms with Gasteiger partial charge in [-0.05, 0) is 36.8 Å². The van der Waals surface area contributed by atoms with Crippen molar-refractivity contribution in [3.63, 3.8) is 0 Å². The first-order chi connectivity index (χ1) is 17.8. The molecule has 1 aliphatic heterocycles. The number of para-hydroxylation sites is 3. The molecule has 9 heteroatoms. The highest BCUT2D eigenvalue weighted by atomic mass is 16.6. The Kier molecular flexibility index (Phi) is 4.91. The van der Waals surface area contributed by atoms with Crippen molar-refractivity contribution < 1.29 is 4.92 Å². The van der Waals surface area contributed by atoms with Gasteiger partial charge in [-0.25, -0.2) is 4.79 Å². The van der Waals surface area contributed by atoms with Crippen LogP contribution in [0.4, 0.5) is 11.4 Å². The van der Waals surface area contributed by atoms with Gasteiger partial charge in [0.1, 0.15) is 6.04 Å². The molecule has 3 aromatic carbocycles. The number of fused-ring (bicyclic) bond motifs is 5. The average molecular weight is 494 g/mol. The Hall–Kier alpha value is -4.92. The summed E-state index contributed by atoms with van der Waals surface area (Å²) in [4.78, 5) is 38.5. The molecule has 3 heterocycles. The summed E-state index contributed by atoms with van der Waals surface area (Å²) in [7, 11) is 3.09. The van der Waals surface area contributed by atoms with Gasteiger partial charge < -0.3 is 9.88 Å². The monoisotopic (exact) mass is 493 g/mol. The Bertz CT molecular complexity index is 1880. The number of hydrogen-bond donors (Lipinski definition) is 1. The first-order valence-corrected chi connectivity index (χ1v) is 11.8. The summed E-state index contributed by atoms with van der Waals surface area (Å²) in [5.74, 6) is 0. The van der Waals surface area contributed by atoms with E-state index in [2.05, 4.69) is 5.32 Å². The highest BCUT2D eigenvalue weighted by Crippen LogP contribution is 2.46. The number of nitro benzene ring substituents is 1. The smallest absolute Gasteiger partial charge is 0.331 e. The number of rotatable bonds is 3. The van der Waals surface area contributed by atoms with E-state index in [-0.39, 0.29) is 5.69 Å². The van der Waals surface area contributed by atoms with E-state index < -0.39 is 22.2 Å². The topological polar surface area (TPSA) is 104 Å². The summed E-state index contributed by atoms with van der Waals surface area (Å²) in [5.41, 5.74) is 4.54. The van der Waals surface area contributed by atoms with Crippen molar-refractivity contribution in [3.8, 4) is 16.9 Å². The van der Waals surface area contributed by atoms with Crippen LogP contribution in [-0.4, -0.2) is 18.6 Å². The number of nitrogens with zero attached hydrogens (tertiary/aromatic N) is 4. The Morgan fingerprint density at radius 3 is 2.41 bits per heavy atom. The second-order valence-corrected chi connectivity index (χ2v) is 9.28. The van der Waals surface area contributed by atoms with Gasteiger partial charge >= 0.3 is 5.69 Å². The molecule has 5 aromatic rings. The molecule has 2 aromatic heterocycles. The Balaban J connectivity index is 1.88. The third-order valence-corrected chi connectivity index (χ3v) is 7.06. The van der Waals surface area contributed by atoms with E-state index in [0.29, 0.717) is 27.9 Å². The van der Waals surface area contributed by atoms with Crippen molar-refractivity contribution in [1.82, 2.24) is 13.7 Å². The molecule has 0 saturated heterocycles. The van der Waals surface area contributed by atoms with Crippen molar-refractivity contribution in [2.75, 3.05) is 5.32 Å². The van der Waals surface area contributed by atoms with Crippen molar-refractivity contribution in [2.24, 2.45) is 14.1 Å². The summed E-state index contributed by atoms with van der Waals surface area (Å²) >= 11 is 0. The Morgan fingerprint density at radius 1 is 0.919 bits per heavy atom. The second kappa shape index (κ2) is 8.06. The average Bonchev–Trinajstić information content (AvgIpc) is 3.27. The summed E-state index contributed by atoms with van der Waals surface area (Å²) in [6, 6.07) is 21.3. The van der Waals surface area contributed by atoms with E-state index >= 15 is 0 Å². The Labute approximate surface area is 211 Å². The molecule has 37 heavy (non-hydrogen) atoms. The maximum absolute atomic E-state index is 13.7. The minimum Gasteiger partial charge on any atom is -0.371 e. The molecule has 1 aliphatic rings.